The molecule has 0 saturated carbocycles. The number of rotatable bonds is 10. The Morgan fingerprint density at radius 3 is 2.30 bits per heavy atom. The minimum Gasteiger partial charge on any atom is -0.490 e. The Balaban J connectivity index is 1.66. The first kappa shape index (κ1) is 21.8. The van der Waals surface area contributed by atoms with Crippen molar-refractivity contribution in [2.24, 2.45) is 0 Å². The van der Waals surface area contributed by atoms with Crippen LogP contribution in [0.1, 0.15) is 35.3 Å². The minimum absolute atomic E-state index is 0.0852. The van der Waals surface area contributed by atoms with Crippen molar-refractivity contribution in [3.05, 3.63) is 89.5 Å². The zero-order valence-corrected chi connectivity index (χ0v) is 18.2. The van der Waals surface area contributed by atoms with E-state index in [1.54, 1.807) is 11.8 Å². The van der Waals surface area contributed by atoms with Crippen LogP contribution in [0.3, 0.4) is 0 Å². The lowest BCUT2D eigenvalue weighted by molar-refractivity contribution is 0.0948. The van der Waals surface area contributed by atoms with Gasteiger partial charge in [-0.15, -0.1) is 11.8 Å². The number of carbonyl (C=O) groups excluding carboxylic acids is 1. The van der Waals surface area contributed by atoms with E-state index in [1.165, 1.54) is 5.56 Å². The van der Waals surface area contributed by atoms with Gasteiger partial charge >= 0.3 is 0 Å². The molecule has 3 aromatic carbocycles. The molecular formula is C25H27NO3S. The Morgan fingerprint density at radius 2 is 1.53 bits per heavy atom. The SMILES string of the molecule is CCOc1ccc(CNC(=O)c2ccccc2SCc2ccccc2)cc1OCC. The molecule has 3 rings (SSSR count). The van der Waals surface area contributed by atoms with Gasteiger partial charge in [0.1, 0.15) is 0 Å². The van der Waals surface area contributed by atoms with Crippen LogP contribution in [0.25, 0.3) is 0 Å². The van der Waals surface area contributed by atoms with Gasteiger partial charge in [-0.05, 0) is 49.2 Å². The van der Waals surface area contributed by atoms with Crippen LogP contribution in [0.4, 0.5) is 0 Å². The van der Waals surface area contributed by atoms with Gasteiger partial charge in [-0.3, -0.25) is 4.79 Å². The first-order valence-electron chi connectivity index (χ1n) is 10.1. The molecule has 0 saturated heterocycles. The zero-order valence-electron chi connectivity index (χ0n) is 17.4. The van der Waals surface area contributed by atoms with Crippen molar-refractivity contribution < 1.29 is 14.3 Å². The maximum absolute atomic E-state index is 12.8. The maximum Gasteiger partial charge on any atom is 0.252 e. The lowest BCUT2D eigenvalue weighted by Crippen LogP contribution is -2.23. The molecule has 4 nitrogen and oxygen atoms in total. The van der Waals surface area contributed by atoms with Crippen LogP contribution < -0.4 is 14.8 Å². The fourth-order valence-electron chi connectivity index (χ4n) is 3.00. The van der Waals surface area contributed by atoms with Crippen LogP contribution in [-0.2, 0) is 12.3 Å². The monoisotopic (exact) mass is 421 g/mol. The maximum atomic E-state index is 12.8. The van der Waals surface area contributed by atoms with E-state index >= 15 is 0 Å². The van der Waals surface area contributed by atoms with E-state index in [4.69, 9.17) is 9.47 Å². The average Bonchev–Trinajstić information content (AvgIpc) is 2.79. The lowest BCUT2D eigenvalue weighted by atomic mass is 10.1. The molecule has 30 heavy (non-hydrogen) atoms. The van der Waals surface area contributed by atoms with E-state index in [2.05, 4.69) is 17.4 Å². The molecule has 156 valence electrons. The number of hydrogen-bond acceptors (Lipinski definition) is 4. The summed E-state index contributed by atoms with van der Waals surface area (Å²) in [6, 6.07) is 23.7. The molecule has 0 atom stereocenters. The molecular weight excluding hydrogens is 394 g/mol. The predicted molar refractivity (Wildman–Crippen MR) is 122 cm³/mol. The highest BCUT2D eigenvalue weighted by atomic mass is 32.2. The molecule has 1 N–H and O–H groups in total. The summed E-state index contributed by atoms with van der Waals surface area (Å²) in [5.41, 5.74) is 2.88. The quantitative estimate of drug-likeness (QED) is 0.426. The summed E-state index contributed by atoms with van der Waals surface area (Å²) in [5.74, 6) is 2.15. The lowest BCUT2D eigenvalue weighted by Gasteiger charge is -2.13. The summed E-state index contributed by atoms with van der Waals surface area (Å²) in [6.07, 6.45) is 0. The van der Waals surface area contributed by atoms with Crippen LogP contribution in [-0.4, -0.2) is 19.1 Å². The summed E-state index contributed by atoms with van der Waals surface area (Å²) in [5, 5.41) is 3.03. The standard InChI is InChI=1S/C25H27NO3S/c1-3-28-22-15-14-20(16-23(22)29-4-2)17-26-25(27)21-12-8-9-13-24(21)30-18-19-10-6-5-7-11-19/h5-16H,3-4,17-18H2,1-2H3,(H,26,27). The molecule has 0 aliphatic carbocycles. The predicted octanol–water partition coefficient (Wildman–Crippen LogP) is 5.71. The third-order valence-electron chi connectivity index (χ3n) is 4.43. The molecule has 0 fully saturated rings. The first-order chi connectivity index (χ1) is 14.7. The van der Waals surface area contributed by atoms with Gasteiger partial charge in [-0.1, -0.05) is 48.5 Å². The summed E-state index contributed by atoms with van der Waals surface area (Å²) >= 11 is 1.67. The zero-order chi connectivity index (χ0) is 21.2. The second-order valence-electron chi connectivity index (χ2n) is 6.60. The smallest absolute Gasteiger partial charge is 0.252 e. The molecule has 0 aromatic heterocycles. The molecule has 0 aliphatic rings. The van der Waals surface area contributed by atoms with Crippen molar-refractivity contribution in [3.8, 4) is 11.5 Å². The van der Waals surface area contributed by atoms with Crippen LogP contribution in [0, 0.1) is 0 Å². The number of thioether (sulfide) groups is 1. The molecule has 0 heterocycles. The van der Waals surface area contributed by atoms with E-state index in [0.29, 0.717) is 31.1 Å². The number of benzene rings is 3. The number of carbonyl (C=O) groups is 1. The summed E-state index contributed by atoms with van der Waals surface area (Å²) in [7, 11) is 0. The molecule has 1 amide bonds. The fraction of sp³-hybridized carbons (Fsp3) is 0.240. The van der Waals surface area contributed by atoms with Crippen LogP contribution in [0.2, 0.25) is 0 Å². The fourth-order valence-corrected chi connectivity index (χ4v) is 4.00. The number of ether oxygens (including phenoxy) is 2. The van der Waals surface area contributed by atoms with Gasteiger partial charge in [-0.2, -0.15) is 0 Å². The van der Waals surface area contributed by atoms with Gasteiger partial charge < -0.3 is 14.8 Å². The normalized spacial score (nSPS) is 10.5. The average molecular weight is 422 g/mol. The Morgan fingerprint density at radius 1 is 0.833 bits per heavy atom. The van der Waals surface area contributed by atoms with Gasteiger partial charge in [-0.25, -0.2) is 0 Å². The molecule has 0 aliphatic heterocycles. The summed E-state index contributed by atoms with van der Waals surface area (Å²) < 4.78 is 11.3. The number of nitrogens with one attached hydrogen (secondary N) is 1. The van der Waals surface area contributed by atoms with Gasteiger partial charge in [0, 0.05) is 17.2 Å². The molecule has 0 bridgehead atoms. The van der Waals surface area contributed by atoms with Gasteiger partial charge in [0.05, 0.1) is 18.8 Å². The van der Waals surface area contributed by atoms with Crippen LogP contribution >= 0.6 is 11.8 Å². The third-order valence-corrected chi connectivity index (χ3v) is 5.57. The molecule has 0 unspecified atom stereocenters. The van der Waals surface area contributed by atoms with Gasteiger partial charge in [0.25, 0.3) is 5.91 Å². The number of amides is 1. The van der Waals surface area contributed by atoms with E-state index < -0.39 is 0 Å². The van der Waals surface area contributed by atoms with E-state index in [0.717, 1.165) is 22.0 Å². The molecule has 0 spiro atoms. The largest absolute Gasteiger partial charge is 0.490 e. The Labute approximate surface area is 182 Å². The Bertz CT molecular complexity index is 960. The van der Waals surface area contributed by atoms with Crippen LogP contribution in [0.5, 0.6) is 11.5 Å². The summed E-state index contributed by atoms with van der Waals surface area (Å²) in [4.78, 5) is 13.8. The van der Waals surface area contributed by atoms with Gasteiger partial charge in [0.15, 0.2) is 11.5 Å². The first-order valence-corrected chi connectivity index (χ1v) is 11.1. The van der Waals surface area contributed by atoms with Crippen molar-refractivity contribution in [1.82, 2.24) is 5.32 Å². The van der Waals surface area contributed by atoms with E-state index in [-0.39, 0.29) is 5.91 Å². The van der Waals surface area contributed by atoms with Crippen molar-refractivity contribution in [3.63, 3.8) is 0 Å². The molecule has 5 heteroatoms. The highest BCUT2D eigenvalue weighted by Gasteiger charge is 2.12. The Hall–Kier alpha value is -2.92. The van der Waals surface area contributed by atoms with Gasteiger partial charge in [0.2, 0.25) is 0 Å². The highest BCUT2D eigenvalue weighted by molar-refractivity contribution is 7.98. The minimum atomic E-state index is -0.0852. The molecule has 3 aromatic rings. The molecule has 0 radical (unpaired) electrons. The second kappa shape index (κ2) is 11.3. The summed E-state index contributed by atoms with van der Waals surface area (Å²) in [6.45, 7) is 5.43. The second-order valence-corrected chi connectivity index (χ2v) is 7.62. The topological polar surface area (TPSA) is 47.6 Å². The van der Waals surface area contributed by atoms with Crippen molar-refractivity contribution in [1.29, 1.82) is 0 Å². The van der Waals surface area contributed by atoms with E-state index in [9.17, 15) is 4.79 Å². The highest BCUT2D eigenvalue weighted by Crippen LogP contribution is 2.29. The van der Waals surface area contributed by atoms with Crippen molar-refractivity contribution in [2.75, 3.05) is 13.2 Å². The Kier molecular flexibility index (Phi) is 8.21. The van der Waals surface area contributed by atoms with E-state index in [1.807, 2.05) is 74.5 Å². The third kappa shape index (κ3) is 6.04. The van der Waals surface area contributed by atoms with Crippen molar-refractivity contribution >= 4 is 17.7 Å². The number of hydrogen-bond donors (Lipinski definition) is 1. The van der Waals surface area contributed by atoms with Crippen molar-refractivity contribution in [2.45, 2.75) is 31.0 Å². The van der Waals surface area contributed by atoms with Crippen LogP contribution in [0.15, 0.2) is 77.7 Å².